The maximum Gasteiger partial charge on any atom is 0.246 e. The first-order valence-corrected chi connectivity index (χ1v) is 5.77. The fourth-order valence-corrected chi connectivity index (χ4v) is 1.70. The van der Waals surface area contributed by atoms with Gasteiger partial charge < -0.3 is 4.74 Å². The Morgan fingerprint density at radius 3 is 2.88 bits per heavy atom. The first-order chi connectivity index (χ1) is 7.88. The number of nitrogens with zero attached hydrogens (tertiary/aromatic N) is 1. The van der Waals surface area contributed by atoms with Crippen molar-refractivity contribution in [2.45, 2.75) is 32.2 Å². The summed E-state index contributed by atoms with van der Waals surface area (Å²) in [6.07, 6.45) is 3.03. The molecule has 1 saturated heterocycles. The van der Waals surface area contributed by atoms with E-state index in [2.05, 4.69) is 0 Å². The average molecular weight is 247 g/mol. The minimum absolute atomic E-state index is 0.0451. The van der Waals surface area contributed by atoms with Crippen molar-refractivity contribution in [3.8, 4) is 0 Å². The molecule has 1 heterocycles. The molecule has 0 bridgehead atoms. The number of hydrogen-bond donors (Lipinski definition) is 0. The number of halogens is 2. The van der Waals surface area contributed by atoms with Gasteiger partial charge in [-0.1, -0.05) is 6.08 Å². The van der Waals surface area contributed by atoms with Gasteiger partial charge in [0.1, 0.15) is 0 Å². The van der Waals surface area contributed by atoms with Gasteiger partial charge in [0.25, 0.3) is 0 Å². The molecule has 0 aromatic heterocycles. The number of ketones is 1. The molecule has 0 aliphatic carbocycles. The Labute approximate surface area is 100 Å². The molecule has 0 aromatic rings. The van der Waals surface area contributed by atoms with Crippen LogP contribution in [0.5, 0.6) is 0 Å². The topological polar surface area (TPSA) is 29.5 Å². The maximum atomic E-state index is 12.8. The third-order valence-electron chi connectivity index (χ3n) is 2.67. The smallest absolute Gasteiger partial charge is 0.246 e. The molecule has 17 heavy (non-hydrogen) atoms. The third kappa shape index (κ3) is 5.89. The molecule has 1 aliphatic heterocycles. The molecule has 5 heteroatoms. The highest BCUT2D eigenvalue weighted by Gasteiger charge is 2.26. The number of rotatable bonds is 5. The van der Waals surface area contributed by atoms with Crippen molar-refractivity contribution >= 4 is 5.78 Å². The summed E-state index contributed by atoms with van der Waals surface area (Å²) < 4.78 is 30.9. The van der Waals surface area contributed by atoms with Crippen LogP contribution in [-0.4, -0.2) is 49.0 Å². The van der Waals surface area contributed by atoms with Gasteiger partial charge in [0.15, 0.2) is 5.78 Å². The van der Waals surface area contributed by atoms with Gasteiger partial charge in [-0.15, -0.1) is 0 Å². The highest BCUT2D eigenvalue weighted by molar-refractivity contribution is 5.87. The van der Waals surface area contributed by atoms with Crippen molar-refractivity contribution in [2.24, 2.45) is 0 Å². The fraction of sp³-hybridized carbons (Fsp3) is 0.750. The number of carbonyl (C=O) groups is 1. The molecule has 3 nitrogen and oxygen atoms in total. The molecule has 0 radical (unpaired) electrons. The van der Waals surface area contributed by atoms with Crippen molar-refractivity contribution in [1.29, 1.82) is 0 Å². The van der Waals surface area contributed by atoms with Gasteiger partial charge in [-0.25, -0.2) is 8.78 Å². The number of alkyl halides is 2. The minimum atomic E-state index is -2.65. The fourth-order valence-electron chi connectivity index (χ4n) is 1.70. The maximum absolute atomic E-state index is 12.8. The van der Waals surface area contributed by atoms with Gasteiger partial charge >= 0.3 is 0 Å². The molecule has 1 rings (SSSR count). The van der Waals surface area contributed by atoms with E-state index in [0.29, 0.717) is 26.3 Å². The van der Waals surface area contributed by atoms with E-state index in [1.54, 1.807) is 6.08 Å². The summed E-state index contributed by atoms with van der Waals surface area (Å²) in [5, 5.41) is 0. The van der Waals surface area contributed by atoms with E-state index in [4.69, 9.17) is 4.74 Å². The van der Waals surface area contributed by atoms with Crippen LogP contribution in [0.4, 0.5) is 8.78 Å². The lowest BCUT2D eigenvalue weighted by Gasteiger charge is -2.34. The molecule has 0 N–H and O–H groups in total. The van der Waals surface area contributed by atoms with E-state index < -0.39 is 5.92 Å². The van der Waals surface area contributed by atoms with Gasteiger partial charge in [0.05, 0.1) is 19.3 Å². The van der Waals surface area contributed by atoms with Crippen LogP contribution >= 0.6 is 0 Å². The lowest BCUT2D eigenvalue weighted by Crippen LogP contribution is -2.45. The molecule has 0 amide bonds. The van der Waals surface area contributed by atoms with Crippen molar-refractivity contribution < 1.29 is 18.3 Å². The zero-order valence-corrected chi connectivity index (χ0v) is 10.3. The van der Waals surface area contributed by atoms with Crippen molar-refractivity contribution in [3.63, 3.8) is 0 Å². The van der Waals surface area contributed by atoms with E-state index in [0.717, 1.165) is 6.92 Å². The molecule has 1 unspecified atom stereocenters. The van der Waals surface area contributed by atoms with Crippen LogP contribution in [0.25, 0.3) is 0 Å². The lowest BCUT2D eigenvalue weighted by molar-refractivity contribution is -0.112. The molecule has 1 aliphatic rings. The first-order valence-electron chi connectivity index (χ1n) is 5.77. The molecular weight excluding hydrogens is 228 g/mol. The zero-order chi connectivity index (χ0) is 12.9. The van der Waals surface area contributed by atoms with Crippen LogP contribution in [-0.2, 0) is 9.53 Å². The number of carbonyl (C=O) groups excluding carboxylic acids is 1. The first kappa shape index (κ1) is 14.3. The highest BCUT2D eigenvalue weighted by atomic mass is 19.3. The van der Waals surface area contributed by atoms with Crippen LogP contribution in [0, 0.1) is 0 Å². The largest absolute Gasteiger partial charge is 0.378 e. The van der Waals surface area contributed by atoms with Crippen LogP contribution < -0.4 is 0 Å². The summed E-state index contributed by atoms with van der Waals surface area (Å²) in [5.74, 6) is -2.69. The van der Waals surface area contributed by atoms with E-state index >= 15 is 0 Å². The number of morpholine rings is 1. The van der Waals surface area contributed by atoms with Crippen molar-refractivity contribution in [3.05, 3.63) is 12.2 Å². The average Bonchev–Trinajstić information content (AvgIpc) is 2.23. The summed E-state index contributed by atoms with van der Waals surface area (Å²) in [5.41, 5.74) is 0. The second-order valence-corrected chi connectivity index (χ2v) is 4.47. The van der Waals surface area contributed by atoms with Crippen LogP contribution in [0.3, 0.4) is 0 Å². The van der Waals surface area contributed by atoms with Gasteiger partial charge in [-0.05, 0) is 19.9 Å². The Morgan fingerprint density at radius 1 is 1.59 bits per heavy atom. The van der Waals surface area contributed by atoms with Gasteiger partial charge in [-0.2, -0.15) is 0 Å². The minimum Gasteiger partial charge on any atom is -0.378 e. The van der Waals surface area contributed by atoms with Crippen LogP contribution in [0.15, 0.2) is 12.2 Å². The van der Waals surface area contributed by atoms with Crippen LogP contribution in [0.1, 0.15) is 20.3 Å². The lowest BCUT2D eigenvalue weighted by atomic mass is 10.1. The molecule has 0 aromatic carbocycles. The monoisotopic (exact) mass is 247 g/mol. The summed E-state index contributed by atoms with van der Waals surface area (Å²) in [4.78, 5) is 12.8. The SMILES string of the molecule is CC(=O)/C=C/C1COCCN1CCC(C)(F)F. The summed E-state index contributed by atoms with van der Waals surface area (Å²) in [6, 6.07) is -0.0741. The summed E-state index contributed by atoms with van der Waals surface area (Å²) in [6.45, 7) is 4.35. The molecule has 0 saturated carbocycles. The number of hydrogen-bond acceptors (Lipinski definition) is 3. The Bertz CT molecular complexity index is 287. The van der Waals surface area contributed by atoms with Gasteiger partial charge in [0, 0.05) is 19.5 Å². The second-order valence-electron chi connectivity index (χ2n) is 4.47. The number of allylic oxidation sites excluding steroid dienone is 1. The Morgan fingerprint density at radius 2 is 2.29 bits per heavy atom. The standard InChI is InChI=1S/C12H19F2NO2/c1-10(16)3-4-11-9-17-8-7-15(11)6-5-12(2,13)14/h3-4,11H,5-9H2,1-2H3/b4-3+. The van der Waals surface area contributed by atoms with E-state index in [-0.39, 0.29) is 18.2 Å². The Hall–Kier alpha value is -0.810. The predicted octanol–water partition coefficient (Wildman–Crippen LogP) is 1.88. The summed E-state index contributed by atoms with van der Waals surface area (Å²) >= 11 is 0. The van der Waals surface area contributed by atoms with E-state index in [9.17, 15) is 13.6 Å². The van der Waals surface area contributed by atoms with Gasteiger partial charge in [0.2, 0.25) is 5.92 Å². The molecule has 98 valence electrons. The van der Waals surface area contributed by atoms with Crippen LogP contribution in [0.2, 0.25) is 0 Å². The van der Waals surface area contributed by atoms with E-state index in [1.807, 2.05) is 4.90 Å². The molecular formula is C12H19F2NO2. The molecule has 1 fully saturated rings. The number of ether oxygens (including phenoxy) is 1. The van der Waals surface area contributed by atoms with Gasteiger partial charge in [-0.3, -0.25) is 9.69 Å². The molecule has 0 spiro atoms. The van der Waals surface area contributed by atoms with Crippen molar-refractivity contribution in [2.75, 3.05) is 26.3 Å². The normalized spacial score (nSPS) is 23.2. The highest BCUT2D eigenvalue weighted by Crippen LogP contribution is 2.19. The predicted molar refractivity (Wildman–Crippen MR) is 61.2 cm³/mol. The Kier molecular flexibility index (Phi) is 5.21. The Balaban J connectivity index is 2.51. The quantitative estimate of drug-likeness (QED) is 0.695. The van der Waals surface area contributed by atoms with Crippen molar-refractivity contribution in [1.82, 2.24) is 4.90 Å². The summed E-state index contributed by atoms with van der Waals surface area (Å²) in [7, 11) is 0. The zero-order valence-electron chi connectivity index (χ0n) is 10.3. The third-order valence-corrected chi connectivity index (χ3v) is 2.67. The second kappa shape index (κ2) is 6.21. The van der Waals surface area contributed by atoms with E-state index in [1.165, 1.54) is 13.0 Å². The molecule has 1 atom stereocenters.